The summed E-state index contributed by atoms with van der Waals surface area (Å²) in [7, 11) is 1.85. The standard InChI is InChI=1S/C14H18N4O/c1-9(2)18-11-6-4-5-7-12(11)19-17-8-10(16-3)13(15)14(17)18/h4-9,16H,15H2,1-3H3. The van der Waals surface area contributed by atoms with E-state index in [-0.39, 0.29) is 6.04 Å². The summed E-state index contributed by atoms with van der Waals surface area (Å²) in [5, 5.41) is 3.09. The highest BCUT2D eigenvalue weighted by Gasteiger charge is 2.30. The van der Waals surface area contributed by atoms with Gasteiger partial charge in [-0.05, 0) is 26.0 Å². The van der Waals surface area contributed by atoms with E-state index in [1.165, 1.54) is 0 Å². The third-order valence-electron chi connectivity index (χ3n) is 3.32. The number of benzene rings is 1. The Labute approximate surface area is 112 Å². The number of hydrogen-bond donors (Lipinski definition) is 2. The number of nitrogens with one attached hydrogen (secondary N) is 1. The lowest BCUT2D eigenvalue weighted by Crippen LogP contribution is -2.32. The fraction of sp³-hybridized carbons (Fsp3) is 0.286. The third kappa shape index (κ3) is 1.62. The van der Waals surface area contributed by atoms with Crippen LogP contribution in [0.5, 0.6) is 5.75 Å². The van der Waals surface area contributed by atoms with E-state index in [1.54, 1.807) is 4.73 Å². The van der Waals surface area contributed by atoms with Crippen LogP contribution in [0, 0.1) is 0 Å². The van der Waals surface area contributed by atoms with Gasteiger partial charge in [-0.1, -0.05) is 12.1 Å². The Morgan fingerprint density at radius 2 is 2.00 bits per heavy atom. The van der Waals surface area contributed by atoms with Crippen molar-refractivity contribution in [2.24, 2.45) is 0 Å². The average Bonchev–Trinajstić information content (AvgIpc) is 2.72. The first-order valence-electron chi connectivity index (χ1n) is 6.38. The topological polar surface area (TPSA) is 55.5 Å². The van der Waals surface area contributed by atoms with Gasteiger partial charge in [0, 0.05) is 13.1 Å². The first-order valence-corrected chi connectivity index (χ1v) is 6.38. The molecule has 0 saturated carbocycles. The molecule has 3 rings (SSSR count). The molecule has 0 aliphatic carbocycles. The van der Waals surface area contributed by atoms with E-state index in [0.29, 0.717) is 5.69 Å². The predicted octanol–water partition coefficient (Wildman–Crippen LogP) is 2.81. The van der Waals surface area contributed by atoms with Gasteiger partial charge in [-0.25, -0.2) is 0 Å². The summed E-state index contributed by atoms with van der Waals surface area (Å²) < 4.78 is 1.73. The third-order valence-corrected chi connectivity index (χ3v) is 3.32. The zero-order valence-corrected chi connectivity index (χ0v) is 11.3. The molecule has 0 saturated heterocycles. The smallest absolute Gasteiger partial charge is 0.179 e. The SMILES string of the molecule is CNc1cn2c(c1N)N(C(C)C)c1ccccc1O2. The van der Waals surface area contributed by atoms with Gasteiger partial charge in [0.2, 0.25) is 0 Å². The molecule has 0 radical (unpaired) electrons. The van der Waals surface area contributed by atoms with Gasteiger partial charge in [0.25, 0.3) is 0 Å². The van der Waals surface area contributed by atoms with Gasteiger partial charge in [-0.2, -0.15) is 4.73 Å². The van der Waals surface area contributed by atoms with Crippen LogP contribution >= 0.6 is 0 Å². The van der Waals surface area contributed by atoms with E-state index in [2.05, 4.69) is 24.1 Å². The van der Waals surface area contributed by atoms with Crippen molar-refractivity contribution in [3.8, 4) is 5.75 Å². The lowest BCUT2D eigenvalue weighted by atomic mass is 10.2. The minimum Gasteiger partial charge on any atom is -0.394 e. The molecule has 0 spiro atoms. The molecular weight excluding hydrogens is 240 g/mol. The Bertz CT molecular complexity index is 618. The molecule has 5 nitrogen and oxygen atoms in total. The maximum absolute atomic E-state index is 6.21. The summed E-state index contributed by atoms with van der Waals surface area (Å²) in [6, 6.07) is 8.26. The van der Waals surface area contributed by atoms with Crippen LogP contribution in [0.3, 0.4) is 0 Å². The molecule has 1 aliphatic heterocycles. The minimum absolute atomic E-state index is 0.283. The second kappa shape index (κ2) is 4.12. The van der Waals surface area contributed by atoms with E-state index in [0.717, 1.165) is 22.9 Å². The van der Waals surface area contributed by atoms with Crippen LogP contribution in [0.15, 0.2) is 30.5 Å². The number of para-hydroxylation sites is 2. The Morgan fingerprint density at radius 1 is 1.26 bits per heavy atom. The molecule has 0 amide bonds. The van der Waals surface area contributed by atoms with Crippen LogP contribution in [0.4, 0.5) is 22.9 Å². The molecule has 5 heteroatoms. The number of anilines is 4. The van der Waals surface area contributed by atoms with Gasteiger partial charge < -0.3 is 20.8 Å². The molecule has 0 unspecified atom stereocenters. The van der Waals surface area contributed by atoms with Gasteiger partial charge >= 0.3 is 0 Å². The number of nitrogen functional groups attached to an aromatic ring is 1. The quantitative estimate of drug-likeness (QED) is 0.869. The number of rotatable bonds is 2. The van der Waals surface area contributed by atoms with E-state index >= 15 is 0 Å². The number of nitrogens with two attached hydrogens (primary N) is 1. The van der Waals surface area contributed by atoms with E-state index in [1.807, 2.05) is 37.5 Å². The van der Waals surface area contributed by atoms with Gasteiger partial charge in [-0.15, -0.1) is 0 Å². The molecule has 100 valence electrons. The van der Waals surface area contributed by atoms with Crippen LogP contribution < -0.4 is 20.8 Å². The molecule has 0 fully saturated rings. The van der Waals surface area contributed by atoms with E-state index in [4.69, 9.17) is 10.6 Å². The summed E-state index contributed by atoms with van der Waals surface area (Å²) in [4.78, 5) is 8.07. The Morgan fingerprint density at radius 3 is 2.68 bits per heavy atom. The highest BCUT2D eigenvalue weighted by Crippen LogP contribution is 2.45. The minimum atomic E-state index is 0.283. The van der Waals surface area contributed by atoms with Gasteiger partial charge in [0.05, 0.1) is 17.6 Å². The van der Waals surface area contributed by atoms with Gasteiger partial charge in [0.15, 0.2) is 11.6 Å². The van der Waals surface area contributed by atoms with E-state index in [9.17, 15) is 0 Å². The van der Waals surface area contributed by atoms with Crippen molar-refractivity contribution < 1.29 is 4.84 Å². The molecule has 3 N–H and O–H groups in total. The normalized spacial score (nSPS) is 12.9. The fourth-order valence-electron chi connectivity index (χ4n) is 2.47. The first-order chi connectivity index (χ1) is 9.13. The van der Waals surface area contributed by atoms with Crippen LogP contribution in [0.25, 0.3) is 0 Å². The monoisotopic (exact) mass is 258 g/mol. The second-order valence-corrected chi connectivity index (χ2v) is 4.88. The van der Waals surface area contributed by atoms with Crippen LogP contribution in [0.2, 0.25) is 0 Å². The largest absolute Gasteiger partial charge is 0.394 e. The lowest BCUT2D eigenvalue weighted by molar-refractivity contribution is 0.212. The Balaban J connectivity index is 2.22. The summed E-state index contributed by atoms with van der Waals surface area (Å²) in [6.07, 6.45) is 1.87. The summed E-state index contributed by atoms with van der Waals surface area (Å²) in [6.45, 7) is 4.27. The number of hydrogen-bond acceptors (Lipinski definition) is 4. The second-order valence-electron chi connectivity index (χ2n) is 4.88. The predicted molar refractivity (Wildman–Crippen MR) is 78.1 cm³/mol. The molecule has 1 aromatic carbocycles. The summed E-state index contributed by atoms with van der Waals surface area (Å²) in [5.41, 5.74) is 8.82. The maximum atomic E-state index is 6.21. The zero-order chi connectivity index (χ0) is 13.6. The van der Waals surface area contributed by atoms with Crippen LogP contribution in [-0.2, 0) is 0 Å². The molecule has 0 bridgehead atoms. The number of fused-ring (bicyclic) bond motifs is 2. The molecule has 1 aromatic heterocycles. The number of nitrogens with zero attached hydrogens (tertiary/aromatic N) is 2. The van der Waals surface area contributed by atoms with Crippen molar-refractivity contribution in [3.05, 3.63) is 30.5 Å². The Kier molecular flexibility index (Phi) is 2.55. The van der Waals surface area contributed by atoms with Gasteiger partial charge in [-0.3, -0.25) is 0 Å². The fourth-order valence-corrected chi connectivity index (χ4v) is 2.47. The highest BCUT2D eigenvalue weighted by molar-refractivity contribution is 5.86. The van der Waals surface area contributed by atoms with Crippen molar-refractivity contribution in [2.75, 3.05) is 23.0 Å². The van der Waals surface area contributed by atoms with Crippen molar-refractivity contribution in [3.63, 3.8) is 0 Å². The van der Waals surface area contributed by atoms with Crippen LogP contribution in [0.1, 0.15) is 13.8 Å². The summed E-state index contributed by atoms with van der Waals surface area (Å²) in [5.74, 6) is 1.71. The lowest BCUT2D eigenvalue weighted by Gasteiger charge is -2.34. The molecule has 2 heterocycles. The van der Waals surface area contributed by atoms with Crippen molar-refractivity contribution in [2.45, 2.75) is 19.9 Å². The van der Waals surface area contributed by atoms with Gasteiger partial charge in [0.1, 0.15) is 5.69 Å². The first kappa shape index (κ1) is 11.8. The molecular formula is C14H18N4O. The Hall–Kier alpha value is -2.30. The molecule has 19 heavy (non-hydrogen) atoms. The highest BCUT2D eigenvalue weighted by atomic mass is 16.7. The molecule has 2 aromatic rings. The zero-order valence-electron chi connectivity index (χ0n) is 11.3. The van der Waals surface area contributed by atoms with Crippen molar-refractivity contribution in [1.29, 1.82) is 0 Å². The molecule has 0 atom stereocenters. The van der Waals surface area contributed by atoms with Crippen molar-refractivity contribution >= 4 is 22.9 Å². The maximum Gasteiger partial charge on any atom is 0.179 e. The van der Waals surface area contributed by atoms with Crippen LogP contribution in [-0.4, -0.2) is 17.8 Å². The van der Waals surface area contributed by atoms with E-state index < -0.39 is 0 Å². The average molecular weight is 258 g/mol. The molecule has 1 aliphatic rings. The number of aromatic nitrogens is 1. The summed E-state index contributed by atoms with van der Waals surface area (Å²) >= 11 is 0. The van der Waals surface area contributed by atoms with Crippen molar-refractivity contribution in [1.82, 2.24) is 4.73 Å².